The Hall–Kier alpha value is -2.70. The summed E-state index contributed by atoms with van der Waals surface area (Å²) < 4.78 is 5.47. The molecule has 4 rings (SSSR count). The molecule has 3 aromatic rings. The van der Waals surface area contributed by atoms with Gasteiger partial charge in [-0.1, -0.05) is 36.4 Å². The second-order valence-electron chi connectivity index (χ2n) is 6.48. The number of hydrogen-bond donors (Lipinski definition) is 0. The number of carbonyl (C=O) groups is 1. The standard InChI is InChI=1S/C21H21N3O2S/c25-21(24-11-10-20(22-24)17-6-2-1-3-7-17)16-23(14-18-8-4-12-26-18)15-19-9-5-13-27-19/h1-9,12-13H,10-11,14-16H2. The summed E-state index contributed by atoms with van der Waals surface area (Å²) in [4.78, 5) is 16.2. The molecule has 0 radical (unpaired) electrons. The SMILES string of the molecule is O=C(CN(Cc1ccco1)Cc1cccs1)N1CCC(c2ccccc2)=N1. The maximum Gasteiger partial charge on any atom is 0.256 e. The van der Waals surface area contributed by atoms with Crippen molar-refractivity contribution >= 4 is 23.0 Å². The average Bonchev–Trinajstić information content (AvgIpc) is 3.45. The molecule has 0 bridgehead atoms. The van der Waals surface area contributed by atoms with E-state index < -0.39 is 0 Å². The minimum Gasteiger partial charge on any atom is -0.468 e. The van der Waals surface area contributed by atoms with Gasteiger partial charge in [-0.05, 0) is 29.1 Å². The molecule has 0 saturated heterocycles. The summed E-state index contributed by atoms with van der Waals surface area (Å²) in [6, 6.07) is 18.0. The van der Waals surface area contributed by atoms with Gasteiger partial charge in [0.05, 0.1) is 31.6 Å². The largest absolute Gasteiger partial charge is 0.468 e. The lowest BCUT2D eigenvalue weighted by Crippen LogP contribution is -2.36. The van der Waals surface area contributed by atoms with E-state index in [0.29, 0.717) is 26.2 Å². The third-order valence-corrected chi connectivity index (χ3v) is 5.34. The molecule has 1 aliphatic rings. The summed E-state index contributed by atoms with van der Waals surface area (Å²) in [5, 5.41) is 8.22. The number of furan rings is 1. The van der Waals surface area contributed by atoms with Gasteiger partial charge >= 0.3 is 0 Å². The van der Waals surface area contributed by atoms with E-state index in [-0.39, 0.29) is 5.91 Å². The highest BCUT2D eigenvalue weighted by Gasteiger charge is 2.24. The van der Waals surface area contributed by atoms with Crippen molar-refractivity contribution in [1.29, 1.82) is 0 Å². The van der Waals surface area contributed by atoms with Crippen molar-refractivity contribution in [3.8, 4) is 0 Å². The summed E-state index contributed by atoms with van der Waals surface area (Å²) in [5.41, 5.74) is 2.05. The monoisotopic (exact) mass is 379 g/mol. The van der Waals surface area contributed by atoms with Crippen LogP contribution in [-0.2, 0) is 17.9 Å². The van der Waals surface area contributed by atoms with Crippen molar-refractivity contribution < 1.29 is 9.21 Å². The lowest BCUT2D eigenvalue weighted by Gasteiger charge is -2.22. The fourth-order valence-corrected chi connectivity index (χ4v) is 3.90. The van der Waals surface area contributed by atoms with Gasteiger partial charge in [-0.15, -0.1) is 11.3 Å². The van der Waals surface area contributed by atoms with Gasteiger partial charge in [0.15, 0.2) is 0 Å². The maximum atomic E-state index is 12.8. The number of benzene rings is 1. The van der Waals surface area contributed by atoms with Crippen LogP contribution in [0.5, 0.6) is 0 Å². The molecule has 0 atom stereocenters. The Balaban J connectivity index is 1.44. The Labute approximate surface area is 162 Å². The molecular weight excluding hydrogens is 358 g/mol. The first-order valence-corrected chi connectivity index (χ1v) is 9.86. The molecule has 3 heterocycles. The van der Waals surface area contributed by atoms with E-state index in [0.717, 1.165) is 23.5 Å². The van der Waals surface area contributed by atoms with Crippen LogP contribution in [0.3, 0.4) is 0 Å². The summed E-state index contributed by atoms with van der Waals surface area (Å²) in [7, 11) is 0. The van der Waals surface area contributed by atoms with Crippen LogP contribution < -0.4 is 0 Å². The molecule has 0 fully saturated rings. The Kier molecular flexibility index (Phi) is 5.46. The Morgan fingerprint density at radius 3 is 2.74 bits per heavy atom. The molecule has 0 spiro atoms. The quantitative estimate of drug-likeness (QED) is 0.624. The van der Waals surface area contributed by atoms with Crippen molar-refractivity contribution in [1.82, 2.24) is 9.91 Å². The van der Waals surface area contributed by atoms with Crippen LogP contribution in [0.2, 0.25) is 0 Å². The second kappa shape index (κ2) is 8.33. The molecule has 0 N–H and O–H groups in total. The zero-order valence-electron chi connectivity index (χ0n) is 15.0. The number of hydrazone groups is 1. The average molecular weight is 379 g/mol. The first-order valence-electron chi connectivity index (χ1n) is 8.98. The van der Waals surface area contributed by atoms with Crippen molar-refractivity contribution in [2.24, 2.45) is 5.10 Å². The summed E-state index contributed by atoms with van der Waals surface area (Å²) in [6.07, 6.45) is 2.45. The third kappa shape index (κ3) is 4.53. The van der Waals surface area contributed by atoms with Gasteiger partial charge in [-0.3, -0.25) is 9.69 Å². The highest BCUT2D eigenvalue weighted by atomic mass is 32.1. The molecule has 5 nitrogen and oxygen atoms in total. The smallest absolute Gasteiger partial charge is 0.256 e. The number of amides is 1. The van der Waals surface area contributed by atoms with Gasteiger partial charge < -0.3 is 4.42 Å². The summed E-state index contributed by atoms with van der Waals surface area (Å²) in [6.45, 7) is 2.26. The Morgan fingerprint density at radius 1 is 1.11 bits per heavy atom. The molecule has 0 aliphatic carbocycles. The molecule has 1 aliphatic heterocycles. The molecule has 138 valence electrons. The highest BCUT2D eigenvalue weighted by Crippen LogP contribution is 2.17. The normalized spacial score (nSPS) is 14.0. The molecule has 0 unspecified atom stereocenters. The van der Waals surface area contributed by atoms with Gasteiger partial charge in [0, 0.05) is 17.8 Å². The number of carbonyl (C=O) groups excluding carboxylic acids is 1. The lowest BCUT2D eigenvalue weighted by atomic mass is 10.1. The highest BCUT2D eigenvalue weighted by molar-refractivity contribution is 7.09. The van der Waals surface area contributed by atoms with Crippen LogP contribution in [0.4, 0.5) is 0 Å². The zero-order chi connectivity index (χ0) is 18.5. The predicted molar refractivity (Wildman–Crippen MR) is 106 cm³/mol. The zero-order valence-corrected chi connectivity index (χ0v) is 15.8. The summed E-state index contributed by atoms with van der Waals surface area (Å²) in [5.74, 6) is 0.873. The molecule has 2 aromatic heterocycles. The fourth-order valence-electron chi connectivity index (χ4n) is 3.16. The Bertz CT molecular complexity index is 853. The van der Waals surface area contributed by atoms with E-state index in [4.69, 9.17) is 4.42 Å². The van der Waals surface area contributed by atoms with Crippen LogP contribution in [0, 0.1) is 0 Å². The van der Waals surface area contributed by atoms with Crippen LogP contribution in [0.1, 0.15) is 22.6 Å². The molecular formula is C21H21N3O2S. The first-order chi connectivity index (χ1) is 13.3. The number of thiophene rings is 1. The van der Waals surface area contributed by atoms with Crippen LogP contribution in [0.15, 0.2) is 75.8 Å². The van der Waals surface area contributed by atoms with Crippen molar-refractivity contribution in [2.45, 2.75) is 19.5 Å². The van der Waals surface area contributed by atoms with Crippen LogP contribution in [-0.4, -0.2) is 34.6 Å². The van der Waals surface area contributed by atoms with Gasteiger partial charge in [0.25, 0.3) is 5.91 Å². The van der Waals surface area contributed by atoms with Gasteiger partial charge in [-0.2, -0.15) is 5.10 Å². The number of hydrogen-bond acceptors (Lipinski definition) is 5. The topological polar surface area (TPSA) is 49.1 Å². The van der Waals surface area contributed by atoms with E-state index in [1.54, 1.807) is 22.6 Å². The third-order valence-electron chi connectivity index (χ3n) is 4.47. The van der Waals surface area contributed by atoms with E-state index in [1.165, 1.54) is 4.88 Å². The van der Waals surface area contributed by atoms with Crippen molar-refractivity contribution in [3.05, 3.63) is 82.4 Å². The predicted octanol–water partition coefficient (Wildman–Crippen LogP) is 3.98. The van der Waals surface area contributed by atoms with E-state index >= 15 is 0 Å². The lowest BCUT2D eigenvalue weighted by molar-refractivity contribution is -0.132. The summed E-state index contributed by atoms with van der Waals surface area (Å²) >= 11 is 1.70. The van der Waals surface area contributed by atoms with Crippen molar-refractivity contribution in [3.63, 3.8) is 0 Å². The number of nitrogens with zero attached hydrogens (tertiary/aromatic N) is 3. The van der Waals surface area contributed by atoms with E-state index in [9.17, 15) is 4.79 Å². The maximum absolute atomic E-state index is 12.8. The minimum atomic E-state index is 0.0176. The second-order valence-corrected chi connectivity index (χ2v) is 7.52. The van der Waals surface area contributed by atoms with Gasteiger partial charge in [0.2, 0.25) is 0 Å². The molecule has 6 heteroatoms. The molecule has 0 saturated carbocycles. The van der Waals surface area contributed by atoms with E-state index in [1.807, 2.05) is 48.5 Å². The molecule has 27 heavy (non-hydrogen) atoms. The number of rotatable bonds is 7. The van der Waals surface area contributed by atoms with E-state index in [2.05, 4.69) is 21.4 Å². The minimum absolute atomic E-state index is 0.0176. The van der Waals surface area contributed by atoms with Gasteiger partial charge in [0.1, 0.15) is 5.76 Å². The fraction of sp³-hybridized carbons (Fsp3) is 0.238. The van der Waals surface area contributed by atoms with Gasteiger partial charge in [-0.25, -0.2) is 5.01 Å². The van der Waals surface area contributed by atoms with Crippen LogP contribution >= 0.6 is 11.3 Å². The Morgan fingerprint density at radius 2 is 2.00 bits per heavy atom. The molecule has 1 amide bonds. The van der Waals surface area contributed by atoms with Crippen molar-refractivity contribution in [2.75, 3.05) is 13.1 Å². The molecule has 1 aromatic carbocycles. The first kappa shape index (κ1) is 17.7. The van der Waals surface area contributed by atoms with Crippen LogP contribution in [0.25, 0.3) is 0 Å².